The Bertz CT molecular complexity index is 451. The molecule has 20 heavy (non-hydrogen) atoms. The summed E-state index contributed by atoms with van der Waals surface area (Å²) >= 11 is 0. The molecule has 1 rings (SSSR count). The van der Waals surface area contributed by atoms with Crippen LogP contribution >= 0.6 is 0 Å². The molecular weight excluding hydrogens is 284 g/mol. The van der Waals surface area contributed by atoms with Crippen molar-refractivity contribution in [2.45, 2.75) is 59.6 Å². The molecule has 0 unspecified atom stereocenters. The molecule has 6 heteroatoms. The molecule has 0 fully saturated rings. The molecule has 0 amide bonds. The highest BCUT2D eigenvalue weighted by Gasteiger charge is 2.23. The molecule has 0 saturated carbocycles. The molecule has 0 aliphatic carbocycles. The van der Waals surface area contributed by atoms with Gasteiger partial charge in [-0.3, -0.25) is 0 Å². The van der Waals surface area contributed by atoms with Gasteiger partial charge in [0, 0.05) is 11.8 Å². The highest BCUT2D eigenvalue weighted by molar-refractivity contribution is 6.70. The van der Waals surface area contributed by atoms with Gasteiger partial charge in [-0.2, -0.15) is 4.98 Å². The Balaban J connectivity index is 3.08. The number of hydrogen-bond acceptors (Lipinski definition) is 4. The van der Waals surface area contributed by atoms with Crippen molar-refractivity contribution in [2.24, 2.45) is 5.92 Å². The molecule has 0 saturated heterocycles. The van der Waals surface area contributed by atoms with Crippen LogP contribution in [0.15, 0.2) is 6.20 Å². The minimum atomic E-state index is -1.70. The fourth-order valence-corrected chi connectivity index (χ4v) is 3.06. The van der Waals surface area contributed by atoms with Gasteiger partial charge in [-0.15, -0.1) is 0 Å². The zero-order valence-electron chi connectivity index (χ0n) is 14.1. The average Bonchev–Trinajstić information content (AvgIpc) is 2.16. The SMILES string of the molecule is CC(C)Cc1cnc(O[Si](C)(C)C)nc1O[Si](C)(C)C. The molecule has 4 nitrogen and oxygen atoms in total. The monoisotopic (exact) mass is 312 g/mol. The van der Waals surface area contributed by atoms with Gasteiger partial charge in [0.25, 0.3) is 0 Å². The molecule has 0 bridgehead atoms. The van der Waals surface area contributed by atoms with E-state index in [9.17, 15) is 0 Å². The predicted octanol–water partition coefficient (Wildman–Crippen LogP) is 4.10. The minimum Gasteiger partial charge on any atom is -0.531 e. The van der Waals surface area contributed by atoms with Crippen molar-refractivity contribution in [1.82, 2.24) is 9.97 Å². The van der Waals surface area contributed by atoms with Crippen LogP contribution < -0.4 is 8.85 Å². The van der Waals surface area contributed by atoms with Crippen LogP contribution in [0, 0.1) is 5.92 Å². The van der Waals surface area contributed by atoms with Crippen LogP contribution in [-0.4, -0.2) is 26.6 Å². The maximum atomic E-state index is 6.11. The van der Waals surface area contributed by atoms with E-state index in [0.717, 1.165) is 12.0 Å². The van der Waals surface area contributed by atoms with Gasteiger partial charge in [0.15, 0.2) is 0 Å². The third-order valence-corrected chi connectivity index (χ3v) is 3.83. The van der Waals surface area contributed by atoms with Gasteiger partial charge in [0.2, 0.25) is 22.5 Å². The van der Waals surface area contributed by atoms with E-state index < -0.39 is 16.6 Å². The summed E-state index contributed by atoms with van der Waals surface area (Å²) in [6.07, 6.45) is 2.78. The highest BCUT2D eigenvalue weighted by Crippen LogP contribution is 2.24. The molecule has 0 aromatic carbocycles. The van der Waals surface area contributed by atoms with Crippen molar-refractivity contribution in [1.29, 1.82) is 0 Å². The van der Waals surface area contributed by atoms with Gasteiger partial charge in [0.1, 0.15) is 0 Å². The van der Waals surface area contributed by atoms with Gasteiger partial charge in [-0.1, -0.05) is 13.8 Å². The summed E-state index contributed by atoms with van der Waals surface area (Å²) in [5.41, 5.74) is 1.07. The second kappa shape index (κ2) is 6.26. The number of rotatable bonds is 6. The average molecular weight is 313 g/mol. The van der Waals surface area contributed by atoms with Gasteiger partial charge < -0.3 is 8.85 Å². The Morgan fingerprint density at radius 2 is 1.55 bits per heavy atom. The van der Waals surface area contributed by atoms with E-state index in [-0.39, 0.29) is 0 Å². The minimum absolute atomic E-state index is 0.449. The van der Waals surface area contributed by atoms with Crippen LogP contribution in [0.25, 0.3) is 0 Å². The van der Waals surface area contributed by atoms with Crippen LogP contribution in [0.3, 0.4) is 0 Å². The quantitative estimate of drug-likeness (QED) is 0.742. The molecule has 0 aliphatic heterocycles. The smallest absolute Gasteiger partial charge is 0.305 e. The lowest BCUT2D eigenvalue weighted by Crippen LogP contribution is -2.32. The lowest BCUT2D eigenvalue weighted by atomic mass is 10.1. The van der Waals surface area contributed by atoms with Gasteiger partial charge in [0.05, 0.1) is 0 Å². The van der Waals surface area contributed by atoms with Crippen LogP contribution in [0.2, 0.25) is 39.3 Å². The Morgan fingerprint density at radius 1 is 1.00 bits per heavy atom. The second-order valence-electron chi connectivity index (χ2n) is 7.51. The maximum Gasteiger partial charge on any atom is 0.305 e. The molecule has 0 atom stereocenters. The zero-order valence-corrected chi connectivity index (χ0v) is 16.1. The molecule has 1 heterocycles. The molecule has 0 N–H and O–H groups in total. The van der Waals surface area contributed by atoms with E-state index in [1.54, 1.807) is 0 Å². The highest BCUT2D eigenvalue weighted by atomic mass is 28.4. The van der Waals surface area contributed by atoms with Crippen LogP contribution in [0.1, 0.15) is 19.4 Å². The number of aromatic nitrogens is 2. The summed E-state index contributed by atoms with van der Waals surface area (Å²) in [7, 11) is -3.39. The number of nitrogens with zero attached hydrogens (tertiary/aromatic N) is 2. The largest absolute Gasteiger partial charge is 0.531 e. The van der Waals surface area contributed by atoms with Gasteiger partial charge >= 0.3 is 6.01 Å². The standard InChI is InChI=1S/C14H28N2O2Si2/c1-11(2)9-12-10-15-14(18-20(6,7)8)16-13(12)17-19(3,4)5/h10-11H,9H2,1-8H3. The molecular formula is C14H28N2O2Si2. The molecule has 0 aliphatic rings. The Hall–Kier alpha value is -0.886. The van der Waals surface area contributed by atoms with E-state index in [2.05, 4.69) is 63.1 Å². The van der Waals surface area contributed by atoms with E-state index in [1.165, 1.54) is 0 Å². The first-order chi connectivity index (χ1) is 8.96. The molecule has 0 spiro atoms. The topological polar surface area (TPSA) is 44.2 Å². The molecule has 1 aromatic heterocycles. The first-order valence-corrected chi connectivity index (χ1v) is 14.0. The fraction of sp³-hybridized carbons (Fsp3) is 0.714. The van der Waals surface area contributed by atoms with Crippen molar-refractivity contribution in [3.63, 3.8) is 0 Å². The molecule has 114 valence electrons. The second-order valence-corrected chi connectivity index (χ2v) is 16.4. The Kier molecular flexibility index (Phi) is 5.37. The van der Waals surface area contributed by atoms with Crippen molar-refractivity contribution >= 4 is 16.6 Å². The number of hydrogen-bond donors (Lipinski definition) is 0. The summed E-state index contributed by atoms with van der Waals surface area (Å²) in [6.45, 7) is 17.2. The van der Waals surface area contributed by atoms with E-state index in [1.807, 2.05) is 6.20 Å². The summed E-state index contributed by atoms with van der Waals surface area (Å²) < 4.78 is 12.0. The lowest BCUT2D eigenvalue weighted by Gasteiger charge is -2.23. The Labute approximate surface area is 125 Å². The van der Waals surface area contributed by atoms with Crippen LogP contribution in [-0.2, 0) is 6.42 Å². The fourth-order valence-electron chi connectivity index (χ4n) is 1.66. The van der Waals surface area contributed by atoms with Crippen molar-refractivity contribution in [3.8, 4) is 11.9 Å². The molecule has 0 radical (unpaired) electrons. The van der Waals surface area contributed by atoms with E-state index >= 15 is 0 Å². The van der Waals surface area contributed by atoms with Gasteiger partial charge in [-0.25, -0.2) is 4.98 Å². The summed E-state index contributed by atoms with van der Waals surface area (Å²) in [4.78, 5) is 8.85. The normalized spacial score (nSPS) is 12.7. The van der Waals surface area contributed by atoms with Crippen LogP contribution in [0.5, 0.6) is 11.9 Å². The van der Waals surface area contributed by atoms with Gasteiger partial charge in [-0.05, 0) is 51.6 Å². The summed E-state index contributed by atoms with van der Waals surface area (Å²) in [5, 5.41) is 0. The first kappa shape index (κ1) is 17.2. The Morgan fingerprint density at radius 3 is 2.00 bits per heavy atom. The predicted molar refractivity (Wildman–Crippen MR) is 88.5 cm³/mol. The van der Waals surface area contributed by atoms with Crippen molar-refractivity contribution < 1.29 is 8.85 Å². The van der Waals surface area contributed by atoms with Crippen molar-refractivity contribution in [2.75, 3.05) is 0 Å². The van der Waals surface area contributed by atoms with Crippen molar-refractivity contribution in [3.05, 3.63) is 11.8 Å². The third-order valence-electron chi connectivity index (χ3n) is 2.23. The summed E-state index contributed by atoms with van der Waals surface area (Å²) in [5.74, 6) is 1.26. The van der Waals surface area contributed by atoms with Crippen LogP contribution in [0.4, 0.5) is 0 Å². The zero-order chi connectivity index (χ0) is 15.6. The maximum absolute atomic E-state index is 6.11. The first-order valence-electron chi connectivity index (χ1n) is 7.20. The lowest BCUT2D eigenvalue weighted by molar-refractivity contribution is 0.465. The van der Waals surface area contributed by atoms with E-state index in [4.69, 9.17) is 8.85 Å². The molecule has 1 aromatic rings. The summed E-state index contributed by atoms with van der Waals surface area (Å²) in [6, 6.07) is 0.449. The third kappa shape index (κ3) is 6.52. The van der Waals surface area contributed by atoms with E-state index in [0.29, 0.717) is 17.8 Å².